The van der Waals surface area contributed by atoms with E-state index in [4.69, 9.17) is 18.0 Å². The Kier molecular flexibility index (Phi) is 5.34. The number of likely N-dealkylation sites (tertiary alicyclic amines) is 1. The molecule has 5 heteroatoms. The molecule has 1 fully saturated rings. The van der Waals surface area contributed by atoms with Crippen LogP contribution in [0.3, 0.4) is 0 Å². The Morgan fingerprint density at radius 1 is 1.53 bits per heavy atom. The van der Waals surface area contributed by atoms with E-state index in [-0.39, 0.29) is 11.9 Å². The van der Waals surface area contributed by atoms with Crippen LogP contribution in [0, 0.1) is 0 Å². The van der Waals surface area contributed by atoms with Crippen molar-refractivity contribution in [3.63, 3.8) is 0 Å². The summed E-state index contributed by atoms with van der Waals surface area (Å²) < 4.78 is 0. The monoisotopic (exact) mass is 296 g/mol. The standard InChI is InChI=1S/C14H20N2OS2/c15-14(18)12-7-1-2-9-16(12)13(17)8-3-5-11-6-4-10-19-11/h4,6,10,12H,1-3,5,7-9H2,(H2,15,18). The van der Waals surface area contributed by atoms with Crippen LogP contribution in [-0.2, 0) is 11.2 Å². The highest BCUT2D eigenvalue weighted by atomic mass is 32.1. The van der Waals surface area contributed by atoms with Gasteiger partial charge in [-0.05, 0) is 43.6 Å². The Bertz CT molecular complexity index is 431. The first kappa shape index (κ1) is 14.5. The van der Waals surface area contributed by atoms with Gasteiger partial charge in [-0.15, -0.1) is 11.3 Å². The summed E-state index contributed by atoms with van der Waals surface area (Å²) >= 11 is 6.82. The number of rotatable bonds is 5. The summed E-state index contributed by atoms with van der Waals surface area (Å²) in [6.07, 6.45) is 5.58. The van der Waals surface area contributed by atoms with Gasteiger partial charge < -0.3 is 10.6 Å². The largest absolute Gasteiger partial charge is 0.392 e. The van der Waals surface area contributed by atoms with Crippen molar-refractivity contribution in [2.45, 2.75) is 44.6 Å². The first-order valence-corrected chi connectivity index (χ1v) is 8.08. The van der Waals surface area contributed by atoms with Crippen LogP contribution in [0.25, 0.3) is 0 Å². The maximum atomic E-state index is 12.3. The molecule has 1 unspecified atom stereocenters. The molecular formula is C14H20N2OS2. The number of thiophene rings is 1. The summed E-state index contributed by atoms with van der Waals surface area (Å²) in [6.45, 7) is 0.805. The number of amides is 1. The maximum absolute atomic E-state index is 12.3. The molecule has 1 aliphatic heterocycles. The molecule has 2 heterocycles. The SMILES string of the molecule is NC(=S)C1CCCCN1C(=O)CCCc1cccs1. The Hall–Kier alpha value is -0.940. The van der Waals surface area contributed by atoms with Gasteiger partial charge in [0.05, 0.1) is 11.0 Å². The van der Waals surface area contributed by atoms with Crippen molar-refractivity contribution in [2.24, 2.45) is 5.73 Å². The van der Waals surface area contributed by atoms with E-state index >= 15 is 0 Å². The van der Waals surface area contributed by atoms with Crippen LogP contribution < -0.4 is 5.73 Å². The molecule has 0 radical (unpaired) electrons. The van der Waals surface area contributed by atoms with Crippen molar-refractivity contribution < 1.29 is 4.79 Å². The van der Waals surface area contributed by atoms with Crippen molar-refractivity contribution in [2.75, 3.05) is 6.54 Å². The summed E-state index contributed by atoms with van der Waals surface area (Å²) in [6, 6.07) is 4.15. The lowest BCUT2D eigenvalue weighted by Gasteiger charge is -2.35. The van der Waals surface area contributed by atoms with Crippen LogP contribution in [0.15, 0.2) is 17.5 Å². The van der Waals surface area contributed by atoms with E-state index in [9.17, 15) is 4.79 Å². The highest BCUT2D eigenvalue weighted by Gasteiger charge is 2.27. The molecule has 1 aromatic heterocycles. The highest BCUT2D eigenvalue weighted by molar-refractivity contribution is 7.80. The van der Waals surface area contributed by atoms with Gasteiger partial charge in [0, 0.05) is 17.8 Å². The lowest BCUT2D eigenvalue weighted by atomic mass is 10.0. The van der Waals surface area contributed by atoms with Gasteiger partial charge in [-0.2, -0.15) is 0 Å². The molecule has 1 aromatic rings. The van der Waals surface area contributed by atoms with Crippen LogP contribution in [0.4, 0.5) is 0 Å². The smallest absolute Gasteiger partial charge is 0.223 e. The zero-order chi connectivity index (χ0) is 13.7. The van der Waals surface area contributed by atoms with Crippen LogP contribution >= 0.6 is 23.6 Å². The van der Waals surface area contributed by atoms with Gasteiger partial charge in [-0.1, -0.05) is 18.3 Å². The number of carbonyl (C=O) groups is 1. The molecule has 0 spiro atoms. The minimum absolute atomic E-state index is 0.0158. The summed E-state index contributed by atoms with van der Waals surface area (Å²) in [7, 11) is 0. The number of thiocarbonyl (C=S) groups is 1. The van der Waals surface area contributed by atoms with E-state index in [0.29, 0.717) is 11.4 Å². The van der Waals surface area contributed by atoms with Gasteiger partial charge in [0.1, 0.15) is 0 Å². The molecule has 104 valence electrons. The predicted molar refractivity (Wildman–Crippen MR) is 83.4 cm³/mol. The summed E-state index contributed by atoms with van der Waals surface area (Å²) in [5.74, 6) is 0.203. The minimum atomic E-state index is -0.0158. The average Bonchev–Trinajstić information content (AvgIpc) is 2.91. The number of nitrogens with two attached hydrogens (primary N) is 1. The quantitative estimate of drug-likeness (QED) is 0.850. The second-order valence-corrected chi connectivity index (χ2v) is 6.44. The third kappa shape index (κ3) is 4.01. The normalized spacial score (nSPS) is 19.4. The number of hydrogen-bond acceptors (Lipinski definition) is 3. The fourth-order valence-corrected chi connectivity index (χ4v) is 3.53. The topological polar surface area (TPSA) is 46.3 Å². The third-order valence-electron chi connectivity index (χ3n) is 3.55. The molecule has 19 heavy (non-hydrogen) atoms. The Labute approximate surface area is 123 Å². The second-order valence-electron chi connectivity index (χ2n) is 4.93. The molecule has 3 nitrogen and oxygen atoms in total. The Morgan fingerprint density at radius 3 is 3.05 bits per heavy atom. The first-order chi connectivity index (χ1) is 9.18. The molecule has 1 saturated heterocycles. The molecule has 1 aliphatic rings. The second kappa shape index (κ2) is 7.01. The molecule has 2 rings (SSSR count). The van der Waals surface area contributed by atoms with Gasteiger partial charge in [0.15, 0.2) is 0 Å². The fraction of sp³-hybridized carbons (Fsp3) is 0.571. The van der Waals surface area contributed by atoms with Gasteiger partial charge in [-0.3, -0.25) is 4.79 Å². The third-order valence-corrected chi connectivity index (χ3v) is 4.75. The first-order valence-electron chi connectivity index (χ1n) is 6.79. The summed E-state index contributed by atoms with van der Waals surface area (Å²) in [5.41, 5.74) is 5.74. The van der Waals surface area contributed by atoms with Crippen LogP contribution in [0.2, 0.25) is 0 Å². The Balaban J connectivity index is 1.82. The summed E-state index contributed by atoms with van der Waals surface area (Å²) in [5, 5.41) is 2.07. The van der Waals surface area contributed by atoms with Crippen molar-refractivity contribution in [3.8, 4) is 0 Å². The van der Waals surface area contributed by atoms with Crippen molar-refractivity contribution in [3.05, 3.63) is 22.4 Å². The van der Waals surface area contributed by atoms with Crippen LogP contribution in [0.5, 0.6) is 0 Å². The van der Waals surface area contributed by atoms with Crippen molar-refractivity contribution >= 4 is 34.5 Å². The van der Waals surface area contributed by atoms with Gasteiger partial charge in [0.2, 0.25) is 5.91 Å². The predicted octanol–water partition coefficient (Wildman–Crippen LogP) is 2.74. The molecule has 0 aromatic carbocycles. The number of hydrogen-bond donors (Lipinski definition) is 1. The van der Waals surface area contributed by atoms with E-state index < -0.39 is 0 Å². The molecule has 0 aliphatic carbocycles. The minimum Gasteiger partial charge on any atom is -0.392 e. The van der Waals surface area contributed by atoms with Crippen molar-refractivity contribution in [1.82, 2.24) is 4.90 Å². The molecular weight excluding hydrogens is 276 g/mol. The van der Waals surface area contributed by atoms with E-state index in [1.807, 2.05) is 4.90 Å². The van der Waals surface area contributed by atoms with Crippen LogP contribution in [-0.4, -0.2) is 28.4 Å². The molecule has 0 saturated carbocycles. The van der Waals surface area contributed by atoms with Gasteiger partial charge in [-0.25, -0.2) is 0 Å². The number of carbonyl (C=O) groups excluding carboxylic acids is 1. The van der Waals surface area contributed by atoms with Gasteiger partial charge >= 0.3 is 0 Å². The van der Waals surface area contributed by atoms with E-state index in [2.05, 4.69) is 17.5 Å². The molecule has 1 atom stereocenters. The maximum Gasteiger partial charge on any atom is 0.223 e. The van der Waals surface area contributed by atoms with Gasteiger partial charge in [0.25, 0.3) is 0 Å². The zero-order valence-corrected chi connectivity index (χ0v) is 12.6. The molecule has 1 amide bonds. The number of aryl methyl sites for hydroxylation is 1. The van der Waals surface area contributed by atoms with E-state index in [0.717, 1.165) is 38.6 Å². The lowest BCUT2D eigenvalue weighted by Crippen LogP contribution is -2.49. The highest BCUT2D eigenvalue weighted by Crippen LogP contribution is 2.19. The fourth-order valence-electron chi connectivity index (χ4n) is 2.54. The van der Waals surface area contributed by atoms with E-state index in [1.54, 1.807) is 11.3 Å². The molecule has 2 N–H and O–H groups in total. The van der Waals surface area contributed by atoms with Crippen molar-refractivity contribution in [1.29, 1.82) is 0 Å². The summed E-state index contributed by atoms with van der Waals surface area (Å²) in [4.78, 5) is 16.0. The number of piperidine rings is 1. The molecule has 0 bridgehead atoms. The average molecular weight is 296 g/mol. The van der Waals surface area contributed by atoms with Crippen LogP contribution in [0.1, 0.15) is 37.0 Å². The number of nitrogens with zero attached hydrogens (tertiary/aromatic N) is 1. The van der Waals surface area contributed by atoms with E-state index in [1.165, 1.54) is 4.88 Å². The lowest BCUT2D eigenvalue weighted by molar-refractivity contribution is -0.133. The zero-order valence-electron chi connectivity index (χ0n) is 11.0. The Morgan fingerprint density at radius 2 is 2.37 bits per heavy atom.